The van der Waals surface area contributed by atoms with Crippen LogP contribution in [-0.2, 0) is 41.7 Å². The molecule has 1 amide bonds. The number of alkyl carbamates (subject to hydrolysis) is 1. The summed E-state index contributed by atoms with van der Waals surface area (Å²) in [5, 5.41) is 13.6. The van der Waals surface area contributed by atoms with Crippen molar-refractivity contribution in [3.05, 3.63) is 71.8 Å². The number of hydrogen-bond acceptors (Lipinski definition) is 8. The number of amides is 1. The first-order valence-corrected chi connectivity index (χ1v) is 10.6. The maximum absolute atomic E-state index is 12.5. The van der Waals surface area contributed by atoms with Gasteiger partial charge in [0.2, 0.25) is 0 Å². The van der Waals surface area contributed by atoms with Crippen molar-refractivity contribution in [2.75, 3.05) is 13.7 Å². The van der Waals surface area contributed by atoms with E-state index >= 15 is 0 Å². The standard InChI is InChI=1S/C24H29NO8/c1-16(26)30-15-19-21(27)22(31-13-17-9-5-3-6-10-17)20(23(29-2)33-19)25-24(28)32-14-18-11-7-4-8-12-18/h3-12,19-23,27H,13-15H2,1-2H3,(H,25,28)/t19-,20-,21-,22-,23?/m1/s1. The number of nitrogens with one attached hydrogen (secondary N) is 1. The van der Waals surface area contributed by atoms with E-state index in [-0.39, 0.29) is 19.8 Å². The lowest BCUT2D eigenvalue weighted by Gasteiger charge is -2.43. The predicted octanol–water partition coefficient (Wildman–Crippen LogP) is 2.16. The molecule has 178 valence electrons. The molecule has 1 aliphatic rings. The molecule has 1 aliphatic heterocycles. The second-order valence-electron chi connectivity index (χ2n) is 7.56. The fraction of sp³-hybridized carbons (Fsp3) is 0.417. The van der Waals surface area contributed by atoms with Crippen molar-refractivity contribution >= 4 is 12.1 Å². The van der Waals surface area contributed by atoms with Gasteiger partial charge < -0.3 is 34.1 Å². The Morgan fingerprint density at radius 3 is 2.15 bits per heavy atom. The Morgan fingerprint density at radius 2 is 1.58 bits per heavy atom. The van der Waals surface area contributed by atoms with Gasteiger partial charge >= 0.3 is 12.1 Å². The number of aliphatic hydroxyl groups is 1. The maximum atomic E-state index is 12.5. The zero-order chi connectivity index (χ0) is 23.6. The summed E-state index contributed by atoms with van der Waals surface area (Å²) in [6.07, 6.45) is -4.72. The third kappa shape index (κ3) is 7.26. The SMILES string of the molecule is COC1O[C@H](COC(C)=O)[C@@H](O)[C@H](OCc2ccccc2)[C@H]1NC(=O)OCc1ccccc1. The van der Waals surface area contributed by atoms with Crippen molar-refractivity contribution in [3.8, 4) is 0 Å². The Hall–Kier alpha value is -2.98. The van der Waals surface area contributed by atoms with E-state index in [1.807, 2.05) is 60.7 Å². The number of esters is 1. The van der Waals surface area contributed by atoms with E-state index in [0.29, 0.717) is 0 Å². The lowest BCUT2D eigenvalue weighted by Crippen LogP contribution is -2.65. The first-order valence-electron chi connectivity index (χ1n) is 10.6. The summed E-state index contributed by atoms with van der Waals surface area (Å²) in [7, 11) is 1.41. The minimum Gasteiger partial charge on any atom is -0.463 e. The highest BCUT2D eigenvalue weighted by Crippen LogP contribution is 2.26. The highest BCUT2D eigenvalue weighted by Gasteiger charge is 2.47. The molecule has 2 aromatic rings. The normalized spacial score (nSPS) is 24.6. The Kier molecular flexibility index (Phi) is 9.20. The molecule has 0 bridgehead atoms. The Labute approximate surface area is 192 Å². The number of aliphatic hydroxyl groups excluding tert-OH is 1. The van der Waals surface area contributed by atoms with Crippen molar-refractivity contribution in [3.63, 3.8) is 0 Å². The van der Waals surface area contributed by atoms with Crippen molar-refractivity contribution in [2.45, 2.75) is 50.8 Å². The zero-order valence-corrected chi connectivity index (χ0v) is 18.6. The van der Waals surface area contributed by atoms with Crippen molar-refractivity contribution in [2.24, 2.45) is 0 Å². The monoisotopic (exact) mass is 459 g/mol. The Bertz CT molecular complexity index is 879. The molecule has 1 unspecified atom stereocenters. The number of ether oxygens (including phenoxy) is 5. The lowest BCUT2D eigenvalue weighted by molar-refractivity contribution is -0.272. The molecule has 0 saturated carbocycles. The number of methoxy groups -OCH3 is 1. The minimum absolute atomic E-state index is 0.0745. The van der Waals surface area contributed by atoms with E-state index in [4.69, 9.17) is 23.7 Å². The summed E-state index contributed by atoms with van der Waals surface area (Å²) in [5.74, 6) is -0.508. The predicted molar refractivity (Wildman–Crippen MR) is 117 cm³/mol. The number of benzene rings is 2. The van der Waals surface area contributed by atoms with Crippen LogP contribution in [0.2, 0.25) is 0 Å². The van der Waals surface area contributed by atoms with Crippen LogP contribution in [-0.4, -0.2) is 61.5 Å². The molecule has 9 nitrogen and oxygen atoms in total. The van der Waals surface area contributed by atoms with Gasteiger partial charge in [-0.05, 0) is 11.1 Å². The van der Waals surface area contributed by atoms with Crippen LogP contribution in [0.1, 0.15) is 18.1 Å². The quantitative estimate of drug-likeness (QED) is 0.549. The highest BCUT2D eigenvalue weighted by molar-refractivity contribution is 5.68. The summed E-state index contributed by atoms with van der Waals surface area (Å²) in [5.41, 5.74) is 1.71. The molecular weight excluding hydrogens is 430 g/mol. The van der Waals surface area contributed by atoms with Crippen molar-refractivity contribution in [1.29, 1.82) is 0 Å². The summed E-state index contributed by atoms with van der Waals surface area (Å²) in [6, 6.07) is 17.7. The Balaban J connectivity index is 1.71. The third-order valence-electron chi connectivity index (χ3n) is 5.14. The van der Waals surface area contributed by atoms with Crippen LogP contribution in [0.3, 0.4) is 0 Å². The molecule has 0 aromatic heterocycles. The van der Waals surface area contributed by atoms with Gasteiger partial charge in [0.25, 0.3) is 0 Å². The molecule has 2 N–H and O–H groups in total. The van der Waals surface area contributed by atoms with Gasteiger partial charge in [-0.1, -0.05) is 60.7 Å². The van der Waals surface area contributed by atoms with Gasteiger partial charge in [0.1, 0.15) is 37.6 Å². The van der Waals surface area contributed by atoms with Crippen LogP contribution in [0.25, 0.3) is 0 Å². The topological polar surface area (TPSA) is 113 Å². The summed E-state index contributed by atoms with van der Waals surface area (Å²) in [6.45, 7) is 1.33. The lowest BCUT2D eigenvalue weighted by atomic mass is 9.96. The van der Waals surface area contributed by atoms with Crippen LogP contribution in [0, 0.1) is 0 Å². The van der Waals surface area contributed by atoms with E-state index in [2.05, 4.69) is 5.32 Å². The minimum atomic E-state index is -1.21. The molecule has 1 heterocycles. The molecule has 2 aromatic carbocycles. The van der Waals surface area contributed by atoms with Crippen LogP contribution in [0.4, 0.5) is 4.79 Å². The maximum Gasteiger partial charge on any atom is 0.407 e. The number of carbonyl (C=O) groups excluding carboxylic acids is 2. The second-order valence-corrected chi connectivity index (χ2v) is 7.56. The second kappa shape index (κ2) is 12.3. The van der Waals surface area contributed by atoms with Gasteiger partial charge in [0.15, 0.2) is 6.29 Å². The molecule has 0 aliphatic carbocycles. The summed E-state index contributed by atoms with van der Waals surface area (Å²) >= 11 is 0. The molecule has 5 atom stereocenters. The number of carbonyl (C=O) groups is 2. The molecular formula is C24H29NO8. The molecule has 33 heavy (non-hydrogen) atoms. The molecule has 1 saturated heterocycles. The van der Waals surface area contributed by atoms with Gasteiger partial charge in [-0.15, -0.1) is 0 Å². The first-order chi connectivity index (χ1) is 16.0. The van der Waals surface area contributed by atoms with Crippen LogP contribution in [0.5, 0.6) is 0 Å². The van der Waals surface area contributed by atoms with E-state index in [0.717, 1.165) is 11.1 Å². The number of rotatable bonds is 9. The van der Waals surface area contributed by atoms with Gasteiger partial charge in [0.05, 0.1) is 6.61 Å². The zero-order valence-electron chi connectivity index (χ0n) is 18.6. The molecule has 1 fully saturated rings. The van der Waals surface area contributed by atoms with Crippen molar-refractivity contribution < 1.29 is 38.4 Å². The van der Waals surface area contributed by atoms with E-state index in [1.54, 1.807) is 0 Å². The third-order valence-corrected chi connectivity index (χ3v) is 5.14. The fourth-order valence-electron chi connectivity index (χ4n) is 3.48. The van der Waals surface area contributed by atoms with Gasteiger partial charge in [-0.3, -0.25) is 4.79 Å². The van der Waals surface area contributed by atoms with Crippen molar-refractivity contribution in [1.82, 2.24) is 5.32 Å². The molecule has 9 heteroatoms. The van der Waals surface area contributed by atoms with E-state index in [9.17, 15) is 14.7 Å². The van der Waals surface area contributed by atoms with E-state index in [1.165, 1.54) is 14.0 Å². The molecule has 3 rings (SSSR count). The van der Waals surface area contributed by atoms with Gasteiger partial charge in [-0.2, -0.15) is 0 Å². The first kappa shape index (κ1) is 24.7. The average molecular weight is 459 g/mol. The number of hydrogen-bond donors (Lipinski definition) is 2. The fourth-order valence-corrected chi connectivity index (χ4v) is 3.48. The highest BCUT2D eigenvalue weighted by atomic mass is 16.7. The van der Waals surface area contributed by atoms with Gasteiger partial charge in [0, 0.05) is 14.0 Å². The molecule has 0 spiro atoms. The van der Waals surface area contributed by atoms with Crippen LogP contribution in [0.15, 0.2) is 60.7 Å². The van der Waals surface area contributed by atoms with E-state index < -0.39 is 42.7 Å². The summed E-state index contributed by atoms with van der Waals surface area (Å²) < 4.78 is 27.5. The van der Waals surface area contributed by atoms with Crippen LogP contribution < -0.4 is 5.32 Å². The Morgan fingerprint density at radius 1 is 0.970 bits per heavy atom. The molecule has 0 radical (unpaired) electrons. The summed E-state index contributed by atoms with van der Waals surface area (Å²) in [4.78, 5) is 23.8. The van der Waals surface area contributed by atoms with Gasteiger partial charge in [-0.25, -0.2) is 4.79 Å². The average Bonchev–Trinajstić information content (AvgIpc) is 2.83. The largest absolute Gasteiger partial charge is 0.463 e. The van der Waals surface area contributed by atoms with Crippen LogP contribution >= 0.6 is 0 Å². The smallest absolute Gasteiger partial charge is 0.407 e.